The first kappa shape index (κ1) is 29.2. The Morgan fingerprint density at radius 3 is 1.97 bits per heavy atom. The predicted octanol–water partition coefficient (Wildman–Crippen LogP) is 5.85. The maximum absolute atomic E-state index is 13.1. The van der Waals surface area contributed by atoms with Crippen molar-refractivity contribution in [3.63, 3.8) is 0 Å². The van der Waals surface area contributed by atoms with Gasteiger partial charge in [-0.05, 0) is 73.5 Å². The molecule has 8 nitrogen and oxygen atoms in total. The minimum Gasteiger partial charge on any atom is -0.322 e. The zero-order valence-corrected chi connectivity index (χ0v) is 22.9. The molecule has 1 aliphatic rings. The monoisotopic (exact) mass is 621 g/mol. The highest BCUT2D eigenvalue weighted by Gasteiger charge is 2.34. The lowest BCUT2D eigenvalue weighted by molar-refractivity contribution is -0.137. The highest BCUT2D eigenvalue weighted by atomic mass is 35.5. The average Bonchev–Trinajstić information content (AvgIpc) is 3.41. The Balaban J connectivity index is 1.50. The molecule has 0 spiro atoms. The Morgan fingerprint density at radius 2 is 1.36 bits per heavy atom. The number of sulfonamides is 2. The van der Waals surface area contributed by atoms with Crippen molar-refractivity contribution in [3.05, 3.63) is 81.8 Å². The average molecular weight is 622 g/mol. The third-order valence-electron chi connectivity index (χ3n) is 5.83. The minimum absolute atomic E-state index is 0.0115. The number of halogens is 5. The summed E-state index contributed by atoms with van der Waals surface area (Å²) in [6.45, 7) is 0.774. The molecule has 39 heavy (non-hydrogen) atoms. The molecule has 1 amide bonds. The maximum Gasteiger partial charge on any atom is 0.417 e. The van der Waals surface area contributed by atoms with Gasteiger partial charge in [-0.15, -0.1) is 0 Å². The van der Waals surface area contributed by atoms with E-state index in [1.54, 1.807) is 0 Å². The number of rotatable bonds is 7. The number of hydrogen-bond acceptors (Lipinski definition) is 5. The summed E-state index contributed by atoms with van der Waals surface area (Å²) in [6, 6.07) is 11.2. The van der Waals surface area contributed by atoms with E-state index in [2.05, 4.69) is 10.0 Å². The summed E-state index contributed by atoms with van der Waals surface area (Å²) in [7, 11) is -8.08. The van der Waals surface area contributed by atoms with E-state index in [1.165, 1.54) is 34.6 Å². The van der Waals surface area contributed by atoms with E-state index in [0.29, 0.717) is 19.2 Å². The van der Waals surface area contributed by atoms with Crippen molar-refractivity contribution in [3.8, 4) is 0 Å². The van der Waals surface area contributed by atoms with Crippen molar-refractivity contribution in [2.75, 3.05) is 23.1 Å². The van der Waals surface area contributed by atoms with Crippen LogP contribution in [-0.4, -0.2) is 40.1 Å². The van der Waals surface area contributed by atoms with Gasteiger partial charge in [0, 0.05) is 24.5 Å². The topological polar surface area (TPSA) is 113 Å². The number of nitrogens with zero attached hydrogens (tertiary/aromatic N) is 1. The van der Waals surface area contributed by atoms with Crippen LogP contribution in [0.2, 0.25) is 10.0 Å². The van der Waals surface area contributed by atoms with Crippen LogP contribution in [0.15, 0.2) is 70.5 Å². The van der Waals surface area contributed by atoms with Gasteiger partial charge < -0.3 is 5.32 Å². The molecule has 0 radical (unpaired) electrons. The number of anilines is 2. The van der Waals surface area contributed by atoms with E-state index in [4.69, 9.17) is 23.2 Å². The molecule has 1 heterocycles. The van der Waals surface area contributed by atoms with E-state index < -0.39 is 42.7 Å². The van der Waals surface area contributed by atoms with Crippen LogP contribution in [-0.2, 0) is 26.2 Å². The molecule has 2 N–H and O–H groups in total. The maximum atomic E-state index is 13.1. The van der Waals surface area contributed by atoms with Gasteiger partial charge in [-0.3, -0.25) is 9.52 Å². The Bertz CT molecular complexity index is 1630. The van der Waals surface area contributed by atoms with Crippen molar-refractivity contribution in [2.24, 2.45) is 0 Å². The number of nitrogens with one attached hydrogen (secondary N) is 2. The highest BCUT2D eigenvalue weighted by Crippen LogP contribution is 2.36. The van der Waals surface area contributed by atoms with Crippen LogP contribution < -0.4 is 10.0 Å². The van der Waals surface area contributed by atoms with Crippen molar-refractivity contribution < 1.29 is 34.8 Å². The number of benzene rings is 3. The first-order valence-corrected chi connectivity index (χ1v) is 15.0. The van der Waals surface area contributed by atoms with Crippen LogP contribution in [0.3, 0.4) is 0 Å². The molecule has 1 fully saturated rings. The lowest BCUT2D eigenvalue weighted by Gasteiger charge is -2.16. The molecule has 15 heteroatoms. The first-order valence-electron chi connectivity index (χ1n) is 11.3. The van der Waals surface area contributed by atoms with E-state index >= 15 is 0 Å². The predicted molar refractivity (Wildman–Crippen MR) is 141 cm³/mol. The summed E-state index contributed by atoms with van der Waals surface area (Å²) in [5.41, 5.74) is -1.48. The summed E-state index contributed by atoms with van der Waals surface area (Å²) in [4.78, 5) is 12.5. The summed E-state index contributed by atoms with van der Waals surface area (Å²) in [5.74, 6) is -0.729. The minimum atomic E-state index is -4.78. The Labute approximate surface area is 232 Å². The van der Waals surface area contributed by atoms with E-state index in [1.807, 2.05) is 0 Å². The van der Waals surface area contributed by atoms with Gasteiger partial charge in [0.1, 0.15) is 0 Å². The summed E-state index contributed by atoms with van der Waals surface area (Å²) < 4.78 is 93.8. The molecule has 0 bridgehead atoms. The van der Waals surface area contributed by atoms with Crippen LogP contribution >= 0.6 is 23.2 Å². The Morgan fingerprint density at radius 1 is 0.795 bits per heavy atom. The number of carbonyl (C=O) groups excluding carboxylic acids is 1. The largest absolute Gasteiger partial charge is 0.417 e. The Kier molecular flexibility index (Phi) is 8.20. The van der Waals surface area contributed by atoms with Gasteiger partial charge in [-0.2, -0.15) is 17.5 Å². The highest BCUT2D eigenvalue weighted by molar-refractivity contribution is 7.92. The molecule has 1 aliphatic heterocycles. The molecule has 3 aromatic rings. The van der Waals surface area contributed by atoms with Crippen molar-refractivity contribution in [1.29, 1.82) is 0 Å². The quantitative estimate of drug-likeness (QED) is 0.344. The van der Waals surface area contributed by atoms with Gasteiger partial charge in [-0.1, -0.05) is 23.2 Å². The molecule has 3 aromatic carbocycles. The van der Waals surface area contributed by atoms with Gasteiger partial charge in [-0.25, -0.2) is 16.8 Å². The second-order valence-electron chi connectivity index (χ2n) is 8.53. The Hall–Kier alpha value is -2.84. The van der Waals surface area contributed by atoms with Gasteiger partial charge in [0.15, 0.2) is 0 Å². The molecule has 1 saturated heterocycles. The fourth-order valence-electron chi connectivity index (χ4n) is 3.85. The number of amides is 1. The number of alkyl halides is 3. The molecule has 0 atom stereocenters. The van der Waals surface area contributed by atoms with E-state index in [0.717, 1.165) is 37.1 Å². The van der Waals surface area contributed by atoms with Gasteiger partial charge >= 0.3 is 6.18 Å². The summed E-state index contributed by atoms with van der Waals surface area (Å²) in [5, 5.41) is 1.95. The van der Waals surface area contributed by atoms with Gasteiger partial charge in [0.2, 0.25) is 10.0 Å². The zero-order chi connectivity index (χ0) is 28.6. The summed E-state index contributed by atoms with van der Waals surface area (Å²) >= 11 is 11.7. The molecule has 0 saturated carbocycles. The zero-order valence-electron chi connectivity index (χ0n) is 19.8. The first-order chi connectivity index (χ1) is 18.2. The molecule has 4 rings (SSSR count). The van der Waals surface area contributed by atoms with Gasteiger partial charge in [0.05, 0.1) is 31.0 Å². The van der Waals surface area contributed by atoms with Crippen molar-refractivity contribution >= 4 is 60.5 Å². The van der Waals surface area contributed by atoms with Crippen LogP contribution in [0.1, 0.15) is 28.8 Å². The molecular weight excluding hydrogens is 602 g/mol. The SMILES string of the molecule is O=C(Nc1ccc(S(=O)(=O)Nc2ccc(Cl)c(C(F)(F)F)c2)cc1)c1cc(S(=O)(=O)N2CCCC2)ccc1Cl. The van der Waals surface area contributed by atoms with Crippen LogP contribution in [0, 0.1) is 0 Å². The van der Waals surface area contributed by atoms with Crippen LogP contribution in [0.5, 0.6) is 0 Å². The number of carbonyl (C=O) groups is 1. The number of hydrogen-bond donors (Lipinski definition) is 2. The smallest absolute Gasteiger partial charge is 0.322 e. The fraction of sp³-hybridized carbons (Fsp3) is 0.208. The van der Waals surface area contributed by atoms with E-state index in [-0.39, 0.29) is 31.8 Å². The molecule has 0 unspecified atom stereocenters. The molecular formula is C24H20Cl2F3N3O5S2. The lowest BCUT2D eigenvalue weighted by Crippen LogP contribution is -2.28. The third-order valence-corrected chi connectivity index (χ3v) is 9.78. The normalized spacial score (nSPS) is 14.8. The lowest BCUT2D eigenvalue weighted by atomic mass is 10.2. The molecule has 0 aliphatic carbocycles. The van der Waals surface area contributed by atoms with Crippen LogP contribution in [0.4, 0.5) is 24.5 Å². The van der Waals surface area contributed by atoms with Gasteiger partial charge in [0.25, 0.3) is 15.9 Å². The van der Waals surface area contributed by atoms with Crippen molar-refractivity contribution in [1.82, 2.24) is 4.31 Å². The molecule has 208 valence electrons. The fourth-order valence-corrected chi connectivity index (χ4v) is 6.87. The van der Waals surface area contributed by atoms with E-state index in [9.17, 15) is 34.8 Å². The molecule has 0 aromatic heterocycles. The summed E-state index contributed by atoms with van der Waals surface area (Å²) in [6.07, 6.45) is -3.29. The second-order valence-corrected chi connectivity index (χ2v) is 13.0. The van der Waals surface area contributed by atoms with Crippen molar-refractivity contribution in [2.45, 2.75) is 28.8 Å². The third kappa shape index (κ3) is 6.49. The van der Waals surface area contributed by atoms with Crippen LogP contribution in [0.25, 0.3) is 0 Å². The second kappa shape index (κ2) is 11.0. The standard InChI is InChI=1S/C24H20Cl2F3N3O5S2/c25-21-10-8-18(39(36,37)32-11-1-2-12-32)14-19(21)23(33)30-15-3-6-17(7-4-15)38(34,35)31-16-5-9-22(26)20(13-16)24(27,28)29/h3-10,13-14,31H,1-2,11-12H2,(H,30,33).